The van der Waals surface area contributed by atoms with E-state index in [9.17, 15) is 14.3 Å². The lowest BCUT2D eigenvalue weighted by Crippen LogP contribution is -2.50. The number of ether oxygens (including phenoxy) is 1. The van der Waals surface area contributed by atoms with Gasteiger partial charge in [0.25, 0.3) is 0 Å². The van der Waals surface area contributed by atoms with Crippen LogP contribution in [0.1, 0.15) is 39.2 Å². The highest BCUT2D eigenvalue weighted by molar-refractivity contribution is 5.68. The molecule has 1 fully saturated rings. The van der Waals surface area contributed by atoms with Gasteiger partial charge in [0.05, 0.1) is 12.6 Å². The molecule has 150 valence electrons. The molecule has 1 aliphatic heterocycles. The first-order chi connectivity index (χ1) is 13.1. The summed E-state index contributed by atoms with van der Waals surface area (Å²) in [6.45, 7) is 8.30. The number of piperidine rings is 1. The highest BCUT2D eigenvalue weighted by Gasteiger charge is 2.37. The summed E-state index contributed by atoms with van der Waals surface area (Å²) >= 11 is 0. The molecule has 0 spiro atoms. The third kappa shape index (κ3) is 4.71. The van der Waals surface area contributed by atoms with Crippen LogP contribution in [0, 0.1) is 11.7 Å². The minimum absolute atomic E-state index is 0.0692. The molecule has 0 aromatic heterocycles. The Morgan fingerprint density at radius 3 is 2.39 bits per heavy atom. The summed E-state index contributed by atoms with van der Waals surface area (Å²) in [5.74, 6) is -0.280. The van der Waals surface area contributed by atoms with Crippen LogP contribution in [-0.2, 0) is 4.74 Å². The molecule has 2 aromatic rings. The molecule has 1 aliphatic rings. The molecule has 1 N–H and O–H groups in total. The van der Waals surface area contributed by atoms with Crippen LogP contribution in [0.2, 0.25) is 0 Å². The van der Waals surface area contributed by atoms with Crippen LogP contribution >= 0.6 is 0 Å². The van der Waals surface area contributed by atoms with E-state index in [4.69, 9.17) is 4.74 Å². The number of halogens is 1. The summed E-state index contributed by atoms with van der Waals surface area (Å²) < 4.78 is 18.7. The van der Waals surface area contributed by atoms with E-state index in [0.29, 0.717) is 6.54 Å². The molecule has 5 heteroatoms. The summed E-state index contributed by atoms with van der Waals surface area (Å²) in [4.78, 5) is 14.0. The number of nitrogens with zero attached hydrogens (tertiary/aromatic N) is 1. The van der Waals surface area contributed by atoms with Crippen molar-refractivity contribution in [1.29, 1.82) is 0 Å². The van der Waals surface area contributed by atoms with E-state index in [0.717, 1.165) is 16.7 Å². The van der Waals surface area contributed by atoms with E-state index >= 15 is 0 Å². The van der Waals surface area contributed by atoms with Crippen LogP contribution < -0.4 is 0 Å². The molecule has 4 nitrogen and oxygen atoms in total. The smallest absolute Gasteiger partial charge is 0.410 e. The number of carbonyl (C=O) groups excluding carboxylic acids is 1. The second-order valence-electron chi connectivity index (χ2n) is 8.59. The third-order valence-corrected chi connectivity index (χ3v) is 5.04. The topological polar surface area (TPSA) is 49.8 Å². The Balaban J connectivity index is 1.78. The number of hydrogen-bond donors (Lipinski definition) is 1. The zero-order valence-electron chi connectivity index (χ0n) is 16.9. The van der Waals surface area contributed by atoms with Gasteiger partial charge in [0.15, 0.2) is 0 Å². The molecule has 1 heterocycles. The first-order valence-electron chi connectivity index (χ1n) is 9.66. The number of likely N-dealkylation sites (tertiary alicyclic amines) is 1. The standard InChI is InChI=1S/C23H28FNO3/c1-15-13-25(22(27)28-23(2,3)4)14-20(26)21(15)18-7-5-6-17(12-18)16-8-10-19(24)11-9-16/h5-12,15,20-21,26H,13-14H2,1-4H3/t15?,20?,21-/m0/s1. The van der Waals surface area contributed by atoms with Crippen molar-refractivity contribution >= 4 is 6.09 Å². The Bertz CT molecular complexity index is 816. The van der Waals surface area contributed by atoms with Gasteiger partial charge in [-0.3, -0.25) is 0 Å². The number of β-amino-alcohol motifs (C(OH)–C–C–N with tert-alkyl or cyclic N) is 1. The van der Waals surface area contributed by atoms with Gasteiger partial charge in [-0.05, 0) is 55.5 Å². The second-order valence-corrected chi connectivity index (χ2v) is 8.59. The Morgan fingerprint density at radius 1 is 1.11 bits per heavy atom. The third-order valence-electron chi connectivity index (χ3n) is 5.04. The number of aliphatic hydroxyl groups is 1. The maximum absolute atomic E-state index is 13.2. The largest absolute Gasteiger partial charge is 0.444 e. The molecular weight excluding hydrogens is 357 g/mol. The van der Waals surface area contributed by atoms with Gasteiger partial charge >= 0.3 is 6.09 Å². The average Bonchev–Trinajstić information content (AvgIpc) is 2.60. The van der Waals surface area contributed by atoms with Gasteiger partial charge in [-0.25, -0.2) is 9.18 Å². The maximum atomic E-state index is 13.2. The van der Waals surface area contributed by atoms with E-state index in [1.54, 1.807) is 17.0 Å². The molecule has 2 unspecified atom stereocenters. The first kappa shape index (κ1) is 20.3. The van der Waals surface area contributed by atoms with Gasteiger partial charge in [0.1, 0.15) is 11.4 Å². The lowest BCUT2D eigenvalue weighted by molar-refractivity contribution is -0.0137. The number of rotatable bonds is 2. The average molecular weight is 385 g/mol. The predicted octanol–water partition coefficient (Wildman–Crippen LogP) is 4.82. The van der Waals surface area contributed by atoms with Crippen LogP contribution in [0.25, 0.3) is 11.1 Å². The minimum atomic E-state index is -0.681. The summed E-state index contributed by atoms with van der Waals surface area (Å²) in [7, 11) is 0. The van der Waals surface area contributed by atoms with Crippen molar-refractivity contribution in [3.8, 4) is 11.1 Å². The molecule has 2 aromatic carbocycles. The quantitative estimate of drug-likeness (QED) is 0.806. The minimum Gasteiger partial charge on any atom is -0.444 e. The monoisotopic (exact) mass is 385 g/mol. The molecule has 1 amide bonds. The van der Waals surface area contributed by atoms with Crippen LogP contribution in [0.5, 0.6) is 0 Å². The Hall–Kier alpha value is -2.40. The molecule has 28 heavy (non-hydrogen) atoms. The van der Waals surface area contributed by atoms with Crippen molar-refractivity contribution in [3.05, 3.63) is 59.9 Å². The van der Waals surface area contributed by atoms with Crippen LogP contribution in [-0.4, -0.2) is 40.9 Å². The fourth-order valence-corrected chi connectivity index (χ4v) is 3.85. The molecule has 1 saturated heterocycles. The molecular formula is C23H28FNO3. The van der Waals surface area contributed by atoms with Gasteiger partial charge in [-0.1, -0.05) is 43.3 Å². The predicted molar refractivity (Wildman–Crippen MR) is 108 cm³/mol. The zero-order valence-corrected chi connectivity index (χ0v) is 16.9. The lowest BCUT2D eigenvalue weighted by atomic mass is 9.79. The zero-order chi connectivity index (χ0) is 20.5. The normalized spacial score (nSPS) is 22.8. The number of hydrogen-bond acceptors (Lipinski definition) is 3. The van der Waals surface area contributed by atoms with Gasteiger partial charge < -0.3 is 14.7 Å². The van der Waals surface area contributed by atoms with Crippen molar-refractivity contribution in [2.45, 2.75) is 45.3 Å². The van der Waals surface area contributed by atoms with Crippen LogP contribution in [0.3, 0.4) is 0 Å². The van der Waals surface area contributed by atoms with Gasteiger partial charge in [-0.15, -0.1) is 0 Å². The summed E-state index contributed by atoms with van der Waals surface area (Å²) in [5, 5.41) is 10.8. The Morgan fingerprint density at radius 2 is 1.79 bits per heavy atom. The van der Waals surface area contributed by atoms with E-state index in [1.165, 1.54) is 12.1 Å². The molecule has 0 aliphatic carbocycles. The number of carbonyl (C=O) groups is 1. The number of benzene rings is 2. The van der Waals surface area contributed by atoms with Crippen molar-refractivity contribution < 1.29 is 19.0 Å². The fraction of sp³-hybridized carbons (Fsp3) is 0.435. The summed E-state index contributed by atoms with van der Waals surface area (Å²) in [5.41, 5.74) is 2.36. The number of aliphatic hydroxyl groups excluding tert-OH is 1. The van der Waals surface area contributed by atoms with Gasteiger partial charge in [0.2, 0.25) is 0 Å². The fourth-order valence-electron chi connectivity index (χ4n) is 3.85. The Labute approximate surface area is 165 Å². The first-order valence-corrected chi connectivity index (χ1v) is 9.66. The molecule has 3 atom stereocenters. The van der Waals surface area contributed by atoms with Crippen LogP contribution in [0.15, 0.2) is 48.5 Å². The Kier molecular flexibility index (Phi) is 5.75. The van der Waals surface area contributed by atoms with Crippen molar-refractivity contribution in [2.24, 2.45) is 5.92 Å². The number of amides is 1. The second kappa shape index (κ2) is 7.92. The molecule has 3 rings (SSSR count). The highest BCUT2D eigenvalue weighted by Crippen LogP contribution is 2.35. The van der Waals surface area contributed by atoms with E-state index < -0.39 is 17.8 Å². The van der Waals surface area contributed by atoms with Crippen LogP contribution in [0.4, 0.5) is 9.18 Å². The van der Waals surface area contributed by atoms with Crippen molar-refractivity contribution in [2.75, 3.05) is 13.1 Å². The van der Waals surface area contributed by atoms with E-state index in [1.807, 2.05) is 52.0 Å². The van der Waals surface area contributed by atoms with E-state index in [2.05, 4.69) is 0 Å². The molecule has 0 radical (unpaired) electrons. The molecule has 0 saturated carbocycles. The summed E-state index contributed by atoms with van der Waals surface area (Å²) in [6, 6.07) is 14.4. The molecule has 0 bridgehead atoms. The van der Waals surface area contributed by atoms with Gasteiger partial charge in [0, 0.05) is 12.5 Å². The lowest BCUT2D eigenvalue weighted by Gasteiger charge is -2.41. The van der Waals surface area contributed by atoms with Crippen molar-refractivity contribution in [3.63, 3.8) is 0 Å². The van der Waals surface area contributed by atoms with E-state index in [-0.39, 0.29) is 24.2 Å². The SMILES string of the molecule is CC1CN(C(=O)OC(C)(C)C)CC(O)[C@@H]1c1cccc(-c2ccc(F)cc2)c1. The highest BCUT2D eigenvalue weighted by atomic mass is 19.1. The van der Waals surface area contributed by atoms with Gasteiger partial charge in [-0.2, -0.15) is 0 Å². The maximum Gasteiger partial charge on any atom is 0.410 e. The summed E-state index contributed by atoms with van der Waals surface area (Å²) in [6.07, 6.45) is -1.07. The van der Waals surface area contributed by atoms with Crippen molar-refractivity contribution in [1.82, 2.24) is 4.90 Å².